The molecule has 1 unspecified atom stereocenters. The number of ether oxygens (including phenoxy) is 1. The highest BCUT2D eigenvalue weighted by atomic mass is 35.5. The quantitative estimate of drug-likeness (QED) is 0.910. The van der Waals surface area contributed by atoms with Crippen LogP contribution in [-0.4, -0.2) is 23.6 Å². The molecule has 1 aromatic carbocycles. The van der Waals surface area contributed by atoms with Gasteiger partial charge in [-0.1, -0.05) is 30.3 Å². The summed E-state index contributed by atoms with van der Waals surface area (Å²) in [4.78, 5) is 4.71. The van der Waals surface area contributed by atoms with Gasteiger partial charge in [0.05, 0.1) is 17.7 Å². The number of nitrogens with one attached hydrogen (secondary N) is 1. The molecule has 0 saturated carbocycles. The molecule has 3 nitrogen and oxygen atoms in total. The van der Waals surface area contributed by atoms with Gasteiger partial charge in [0.25, 0.3) is 0 Å². The van der Waals surface area contributed by atoms with E-state index in [-0.39, 0.29) is 5.54 Å². The number of hydrogen-bond donors (Lipinski definition) is 1. The van der Waals surface area contributed by atoms with Gasteiger partial charge in [-0.2, -0.15) is 0 Å². The number of thioether (sulfide) groups is 1. The largest absolute Gasteiger partial charge is 0.495 e. The van der Waals surface area contributed by atoms with Gasteiger partial charge in [-0.25, -0.2) is 0 Å². The second kappa shape index (κ2) is 5.41. The van der Waals surface area contributed by atoms with Crippen molar-refractivity contribution in [3.05, 3.63) is 23.2 Å². The van der Waals surface area contributed by atoms with Gasteiger partial charge in [-0.05, 0) is 25.5 Å². The summed E-state index contributed by atoms with van der Waals surface area (Å²) in [6, 6.07) is 5.63. The van der Waals surface area contributed by atoms with Crippen LogP contribution in [0, 0.1) is 0 Å². The lowest BCUT2D eigenvalue weighted by molar-refractivity contribution is 0.415. The molecular weight excluding hydrogens is 268 g/mol. The highest BCUT2D eigenvalue weighted by Gasteiger charge is 2.28. The van der Waals surface area contributed by atoms with Crippen LogP contribution in [0.2, 0.25) is 5.02 Å². The average Bonchev–Trinajstić information content (AvgIpc) is 2.74. The predicted octanol–water partition coefficient (Wildman–Crippen LogP) is 4.03. The van der Waals surface area contributed by atoms with Gasteiger partial charge in [0.15, 0.2) is 5.17 Å². The Morgan fingerprint density at radius 1 is 1.56 bits per heavy atom. The van der Waals surface area contributed by atoms with E-state index in [4.69, 9.17) is 21.3 Å². The van der Waals surface area contributed by atoms with Gasteiger partial charge in [0, 0.05) is 17.5 Å². The topological polar surface area (TPSA) is 33.6 Å². The first-order chi connectivity index (χ1) is 8.56. The fraction of sp³-hybridized carbons (Fsp3) is 0.462. The van der Waals surface area contributed by atoms with E-state index in [1.807, 2.05) is 18.2 Å². The molecule has 0 aromatic heterocycles. The van der Waals surface area contributed by atoms with Crippen molar-refractivity contribution in [2.45, 2.75) is 25.8 Å². The normalized spacial score (nSPS) is 22.8. The zero-order chi connectivity index (χ0) is 13.2. The molecular formula is C13H17ClN2OS. The summed E-state index contributed by atoms with van der Waals surface area (Å²) in [6.45, 7) is 4.34. The molecule has 1 heterocycles. The van der Waals surface area contributed by atoms with Crippen LogP contribution in [0.15, 0.2) is 23.2 Å². The lowest BCUT2D eigenvalue weighted by Crippen LogP contribution is -2.20. The number of hydrogen-bond acceptors (Lipinski definition) is 4. The maximum absolute atomic E-state index is 5.99. The maximum Gasteiger partial charge on any atom is 0.161 e. The van der Waals surface area contributed by atoms with Crippen LogP contribution in [-0.2, 0) is 0 Å². The first-order valence-electron chi connectivity index (χ1n) is 5.89. The summed E-state index contributed by atoms with van der Waals surface area (Å²) in [5.41, 5.74) is 1.01. The standard InChI is InChI=1S/C13H17ClN2OS/c1-4-13(2)8-18-12(16-13)15-9-5-6-10(14)11(7-9)17-3/h5-7H,4,8H2,1-3H3,(H,15,16). The van der Waals surface area contributed by atoms with E-state index in [1.165, 1.54) is 0 Å². The summed E-state index contributed by atoms with van der Waals surface area (Å²) in [5.74, 6) is 1.69. The summed E-state index contributed by atoms with van der Waals surface area (Å²) in [6.07, 6.45) is 1.05. The van der Waals surface area contributed by atoms with Crippen LogP contribution < -0.4 is 10.1 Å². The van der Waals surface area contributed by atoms with E-state index in [0.717, 1.165) is 23.0 Å². The Hall–Kier alpha value is -0.870. The third kappa shape index (κ3) is 2.93. The molecule has 1 atom stereocenters. The average molecular weight is 285 g/mol. The third-order valence-electron chi connectivity index (χ3n) is 3.06. The third-order valence-corrected chi connectivity index (χ3v) is 4.60. The fourth-order valence-electron chi connectivity index (χ4n) is 1.64. The SMILES string of the molecule is CCC1(C)CSC(Nc2ccc(Cl)c(OC)c2)=N1. The first-order valence-corrected chi connectivity index (χ1v) is 7.26. The van der Waals surface area contributed by atoms with E-state index < -0.39 is 0 Å². The Kier molecular flexibility index (Phi) is 4.07. The zero-order valence-electron chi connectivity index (χ0n) is 10.8. The molecule has 98 valence electrons. The number of halogens is 1. The van der Waals surface area contributed by atoms with Gasteiger partial charge in [0.1, 0.15) is 5.75 Å². The molecule has 2 rings (SSSR count). The van der Waals surface area contributed by atoms with Gasteiger partial charge >= 0.3 is 0 Å². The molecule has 1 aliphatic heterocycles. The molecule has 18 heavy (non-hydrogen) atoms. The van der Waals surface area contributed by atoms with Crippen molar-refractivity contribution in [1.29, 1.82) is 0 Å². The van der Waals surface area contributed by atoms with Gasteiger partial charge in [-0.15, -0.1) is 0 Å². The van der Waals surface area contributed by atoms with E-state index in [1.54, 1.807) is 18.9 Å². The summed E-state index contributed by atoms with van der Waals surface area (Å²) in [5, 5.41) is 4.88. The van der Waals surface area contributed by atoms with Crippen molar-refractivity contribution < 1.29 is 4.74 Å². The van der Waals surface area contributed by atoms with Crippen molar-refractivity contribution >= 4 is 34.2 Å². The molecule has 0 fully saturated rings. The van der Waals surface area contributed by atoms with Crippen molar-refractivity contribution in [3.63, 3.8) is 0 Å². The number of methoxy groups -OCH3 is 1. The summed E-state index contributed by atoms with van der Waals surface area (Å²) in [7, 11) is 1.61. The number of benzene rings is 1. The summed E-state index contributed by atoms with van der Waals surface area (Å²) < 4.78 is 5.19. The number of rotatable bonds is 3. The molecule has 1 N–H and O–H groups in total. The van der Waals surface area contributed by atoms with Gasteiger partial charge < -0.3 is 10.1 Å². The minimum Gasteiger partial charge on any atom is -0.495 e. The van der Waals surface area contributed by atoms with Crippen molar-refractivity contribution in [2.75, 3.05) is 18.2 Å². The zero-order valence-corrected chi connectivity index (χ0v) is 12.4. The minimum atomic E-state index is 0.0590. The van der Waals surface area contributed by atoms with E-state index in [0.29, 0.717) is 10.8 Å². The molecule has 1 aromatic rings. The number of anilines is 1. The molecule has 0 aliphatic carbocycles. The smallest absolute Gasteiger partial charge is 0.161 e. The Bertz CT molecular complexity index is 478. The molecule has 0 spiro atoms. The Morgan fingerprint density at radius 3 is 2.94 bits per heavy atom. The van der Waals surface area contributed by atoms with Crippen LogP contribution in [0.1, 0.15) is 20.3 Å². The molecule has 1 aliphatic rings. The Balaban J connectivity index is 2.13. The van der Waals surface area contributed by atoms with Crippen LogP contribution in [0.5, 0.6) is 5.75 Å². The van der Waals surface area contributed by atoms with E-state index in [2.05, 4.69) is 19.2 Å². The molecule has 0 bridgehead atoms. The Morgan fingerprint density at radius 2 is 2.33 bits per heavy atom. The predicted molar refractivity (Wildman–Crippen MR) is 80.2 cm³/mol. The van der Waals surface area contributed by atoms with Crippen molar-refractivity contribution in [1.82, 2.24) is 0 Å². The van der Waals surface area contributed by atoms with E-state index in [9.17, 15) is 0 Å². The summed E-state index contributed by atoms with van der Waals surface area (Å²) >= 11 is 7.74. The second-order valence-corrected chi connectivity index (χ2v) is 5.90. The number of nitrogens with zero attached hydrogens (tertiary/aromatic N) is 1. The van der Waals surface area contributed by atoms with Crippen LogP contribution in [0.3, 0.4) is 0 Å². The maximum atomic E-state index is 5.99. The lowest BCUT2D eigenvalue weighted by atomic mass is 10.0. The molecule has 0 radical (unpaired) electrons. The fourth-order valence-corrected chi connectivity index (χ4v) is 3.03. The minimum absolute atomic E-state index is 0.0590. The van der Waals surface area contributed by atoms with Crippen molar-refractivity contribution in [2.24, 2.45) is 4.99 Å². The Labute approximate surface area is 117 Å². The van der Waals surface area contributed by atoms with Crippen LogP contribution in [0.25, 0.3) is 0 Å². The highest BCUT2D eigenvalue weighted by molar-refractivity contribution is 8.14. The van der Waals surface area contributed by atoms with Crippen LogP contribution in [0.4, 0.5) is 5.69 Å². The second-order valence-electron chi connectivity index (χ2n) is 4.53. The number of aliphatic imine (C=N–C) groups is 1. The molecule has 0 amide bonds. The molecule has 0 saturated heterocycles. The van der Waals surface area contributed by atoms with Gasteiger partial charge in [-0.3, -0.25) is 4.99 Å². The highest BCUT2D eigenvalue weighted by Crippen LogP contribution is 2.32. The van der Waals surface area contributed by atoms with Crippen LogP contribution >= 0.6 is 23.4 Å². The monoisotopic (exact) mass is 284 g/mol. The molecule has 5 heteroatoms. The van der Waals surface area contributed by atoms with Gasteiger partial charge in [0.2, 0.25) is 0 Å². The number of amidine groups is 1. The van der Waals surface area contributed by atoms with E-state index >= 15 is 0 Å². The first kappa shape index (κ1) is 13.6. The lowest BCUT2D eigenvalue weighted by Gasteiger charge is -2.15. The van der Waals surface area contributed by atoms with Crippen molar-refractivity contribution in [3.8, 4) is 5.75 Å².